The van der Waals surface area contributed by atoms with Crippen molar-refractivity contribution < 1.29 is 9.53 Å². The highest BCUT2D eigenvalue weighted by molar-refractivity contribution is 8.03. The van der Waals surface area contributed by atoms with E-state index in [4.69, 9.17) is 10.00 Å². The molecular formula is C17H24N4O2S. The van der Waals surface area contributed by atoms with Crippen LogP contribution in [0.25, 0.3) is 0 Å². The first-order valence-corrected chi connectivity index (χ1v) is 8.89. The molecule has 1 fully saturated rings. The van der Waals surface area contributed by atoms with Crippen molar-refractivity contribution in [3.63, 3.8) is 0 Å². The molecule has 1 N–H and O–H groups in total. The molecule has 7 heteroatoms. The highest BCUT2D eigenvalue weighted by Crippen LogP contribution is 2.33. The van der Waals surface area contributed by atoms with Crippen LogP contribution in [0, 0.1) is 10.7 Å². The van der Waals surface area contributed by atoms with Crippen molar-refractivity contribution in [2.45, 2.75) is 63.1 Å². The fourth-order valence-corrected chi connectivity index (χ4v) is 3.37. The van der Waals surface area contributed by atoms with E-state index in [9.17, 15) is 4.79 Å². The molecule has 2 heterocycles. The van der Waals surface area contributed by atoms with Crippen LogP contribution in [-0.2, 0) is 4.74 Å². The van der Waals surface area contributed by atoms with Crippen LogP contribution in [0.2, 0.25) is 0 Å². The number of ether oxygens (including phenoxy) is 1. The van der Waals surface area contributed by atoms with E-state index in [0.29, 0.717) is 0 Å². The number of carbonyl (C=O) groups excluding carboxylic acids is 1. The van der Waals surface area contributed by atoms with Crippen LogP contribution in [0.1, 0.15) is 40.5 Å². The molecule has 1 aromatic heterocycles. The molecule has 24 heavy (non-hydrogen) atoms. The highest BCUT2D eigenvalue weighted by atomic mass is 32.2. The van der Waals surface area contributed by atoms with E-state index in [1.165, 1.54) is 0 Å². The van der Waals surface area contributed by atoms with Crippen LogP contribution in [-0.4, -0.2) is 35.3 Å². The van der Waals surface area contributed by atoms with E-state index in [2.05, 4.69) is 27.5 Å². The molecule has 1 aliphatic heterocycles. The number of nitrogens with one attached hydrogen (secondary N) is 1. The molecule has 1 amide bonds. The van der Waals surface area contributed by atoms with Crippen LogP contribution in [0.4, 0.5) is 10.5 Å². The summed E-state index contributed by atoms with van der Waals surface area (Å²) in [6.07, 6.45) is 4.92. The zero-order valence-corrected chi connectivity index (χ0v) is 15.4. The summed E-state index contributed by atoms with van der Waals surface area (Å²) in [4.78, 5) is 19.2. The Morgan fingerprint density at radius 1 is 1.54 bits per heavy atom. The van der Waals surface area contributed by atoms with Crippen LogP contribution in [0.5, 0.6) is 0 Å². The van der Waals surface area contributed by atoms with E-state index in [-0.39, 0.29) is 18.2 Å². The van der Waals surface area contributed by atoms with Crippen molar-refractivity contribution in [2.75, 3.05) is 11.4 Å². The minimum absolute atomic E-state index is 0.00158. The second kappa shape index (κ2) is 7.75. The minimum Gasteiger partial charge on any atom is -0.444 e. The summed E-state index contributed by atoms with van der Waals surface area (Å²) in [6.45, 7) is 8.53. The molecule has 130 valence electrons. The van der Waals surface area contributed by atoms with E-state index < -0.39 is 5.60 Å². The first kappa shape index (κ1) is 18.4. The average molecular weight is 348 g/mol. The Hall–Kier alpha value is -1.94. The average Bonchev–Trinajstić information content (AvgIpc) is 2.49. The number of thioether (sulfide) groups is 1. The molecule has 0 bridgehead atoms. The number of alkyl carbamates (subject to hydrolysis) is 1. The number of rotatable bonds is 3. The standard InChI is InChI=1S/C17H24N4O2S/c1-12-13(20-16(22)23-17(2,3)4)6-5-9-21(12)14-7-8-19-10-15(14)24-11-18/h7-8,10,12-13H,5-6,9H2,1-4H3,(H,20,22). The van der Waals surface area contributed by atoms with Gasteiger partial charge in [-0.05, 0) is 58.4 Å². The lowest BCUT2D eigenvalue weighted by Gasteiger charge is -2.41. The summed E-state index contributed by atoms with van der Waals surface area (Å²) >= 11 is 1.11. The fraction of sp³-hybridized carbons (Fsp3) is 0.588. The van der Waals surface area contributed by atoms with Gasteiger partial charge in [-0.3, -0.25) is 4.98 Å². The maximum absolute atomic E-state index is 12.1. The molecule has 0 spiro atoms. The molecule has 1 aliphatic rings. The predicted octanol–water partition coefficient (Wildman–Crippen LogP) is 3.54. The number of carbonyl (C=O) groups is 1. The number of thiocyanates is 1. The molecule has 2 unspecified atom stereocenters. The van der Waals surface area contributed by atoms with Crippen LogP contribution in [0.15, 0.2) is 23.4 Å². The summed E-state index contributed by atoms with van der Waals surface area (Å²) in [5.41, 5.74) is 0.475. The second-order valence-electron chi connectivity index (χ2n) is 6.87. The van der Waals surface area contributed by atoms with Crippen molar-refractivity contribution >= 4 is 23.5 Å². The minimum atomic E-state index is -0.511. The Bertz CT molecular complexity index is 624. The molecule has 0 radical (unpaired) electrons. The van der Waals surface area contributed by atoms with Gasteiger partial charge in [0.25, 0.3) is 0 Å². The van der Waals surface area contributed by atoms with Crippen molar-refractivity contribution in [3.8, 4) is 5.40 Å². The van der Waals surface area contributed by atoms with E-state index in [1.807, 2.05) is 26.8 Å². The van der Waals surface area contributed by atoms with Crippen LogP contribution < -0.4 is 10.2 Å². The number of pyridine rings is 1. The topological polar surface area (TPSA) is 78.2 Å². The van der Waals surface area contributed by atoms with Gasteiger partial charge in [-0.15, -0.1) is 0 Å². The summed E-state index contributed by atoms with van der Waals surface area (Å²) < 4.78 is 5.37. The summed E-state index contributed by atoms with van der Waals surface area (Å²) in [7, 11) is 0. The lowest BCUT2D eigenvalue weighted by Crippen LogP contribution is -2.55. The van der Waals surface area contributed by atoms with Crippen LogP contribution >= 0.6 is 11.8 Å². The molecular weight excluding hydrogens is 324 g/mol. The number of nitrogens with zero attached hydrogens (tertiary/aromatic N) is 3. The molecule has 0 aromatic carbocycles. The van der Waals surface area contributed by atoms with E-state index in [1.54, 1.807) is 12.4 Å². The van der Waals surface area contributed by atoms with Gasteiger partial charge in [0.05, 0.1) is 16.6 Å². The molecule has 1 aromatic rings. The number of amides is 1. The summed E-state index contributed by atoms with van der Waals surface area (Å²) in [6, 6.07) is 2.03. The van der Waals surface area contributed by atoms with Gasteiger partial charge in [-0.1, -0.05) is 0 Å². The van der Waals surface area contributed by atoms with Crippen molar-refractivity contribution in [3.05, 3.63) is 18.5 Å². The Morgan fingerprint density at radius 3 is 2.96 bits per heavy atom. The van der Waals surface area contributed by atoms with Gasteiger partial charge in [-0.25, -0.2) is 4.79 Å². The molecule has 2 rings (SSSR count). The zero-order chi connectivity index (χ0) is 17.7. The van der Waals surface area contributed by atoms with Crippen molar-refractivity contribution in [2.24, 2.45) is 0 Å². The Morgan fingerprint density at radius 2 is 2.29 bits per heavy atom. The van der Waals surface area contributed by atoms with Gasteiger partial charge < -0.3 is 15.0 Å². The first-order chi connectivity index (χ1) is 11.3. The van der Waals surface area contributed by atoms with Gasteiger partial charge in [0, 0.05) is 25.0 Å². The Kier molecular flexibility index (Phi) is 5.94. The zero-order valence-electron chi connectivity index (χ0n) is 14.6. The number of piperidine rings is 1. The van der Waals surface area contributed by atoms with E-state index >= 15 is 0 Å². The number of nitriles is 1. The summed E-state index contributed by atoms with van der Waals surface area (Å²) in [5.74, 6) is 0. The molecule has 2 atom stereocenters. The molecule has 1 saturated heterocycles. The van der Waals surface area contributed by atoms with Gasteiger partial charge in [0.2, 0.25) is 0 Å². The third-order valence-electron chi connectivity index (χ3n) is 3.92. The monoisotopic (exact) mass is 348 g/mol. The normalized spacial score (nSPS) is 21.0. The third kappa shape index (κ3) is 4.78. The number of hydrogen-bond acceptors (Lipinski definition) is 6. The van der Waals surface area contributed by atoms with Crippen molar-refractivity contribution in [1.82, 2.24) is 10.3 Å². The third-order valence-corrected chi connectivity index (χ3v) is 4.54. The lowest BCUT2D eigenvalue weighted by molar-refractivity contribution is 0.0489. The predicted molar refractivity (Wildman–Crippen MR) is 94.9 cm³/mol. The lowest BCUT2D eigenvalue weighted by atomic mass is 9.97. The maximum Gasteiger partial charge on any atom is 0.407 e. The number of aromatic nitrogens is 1. The van der Waals surface area contributed by atoms with E-state index in [0.717, 1.165) is 41.7 Å². The smallest absolute Gasteiger partial charge is 0.407 e. The number of hydrogen-bond donors (Lipinski definition) is 1. The van der Waals surface area contributed by atoms with Gasteiger partial charge in [-0.2, -0.15) is 5.26 Å². The van der Waals surface area contributed by atoms with Gasteiger partial charge >= 0.3 is 6.09 Å². The largest absolute Gasteiger partial charge is 0.444 e. The molecule has 6 nitrogen and oxygen atoms in total. The van der Waals surface area contributed by atoms with Gasteiger partial charge in [0.15, 0.2) is 0 Å². The quantitative estimate of drug-likeness (QED) is 0.665. The van der Waals surface area contributed by atoms with Crippen LogP contribution in [0.3, 0.4) is 0 Å². The van der Waals surface area contributed by atoms with Crippen molar-refractivity contribution in [1.29, 1.82) is 5.26 Å². The second-order valence-corrected chi connectivity index (χ2v) is 7.69. The Balaban J connectivity index is 2.12. The molecule has 0 aliphatic carbocycles. The highest BCUT2D eigenvalue weighted by Gasteiger charge is 2.31. The maximum atomic E-state index is 12.1. The Labute approximate surface area is 147 Å². The fourth-order valence-electron chi connectivity index (χ4n) is 2.87. The molecule has 0 saturated carbocycles. The summed E-state index contributed by atoms with van der Waals surface area (Å²) in [5, 5.41) is 14.1. The van der Waals surface area contributed by atoms with Gasteiger partial charge in [0.1, 0.15) is 11.0 Å². The SMILES string of the molecule is CC1C(NC(=O)OC(C)(C)C)CCCN1c1ccncc1SC#N. The number of anilines is 1. The first-order valence-electron chi connectivity index (χ1n) is 8.08.